The zero-order chi connectivity index (χ0) is 15.8. The summed E-state index contributed by atoms with van der Waals surface area (Å²) in [5.41, 5.74) is 8.21. The predicted octanol–water partition coefficient (Wildman–Crippen LogP) is 2.24. The van der Waals surface area contributed by atoms with E-state index in [0.29, 0.717) is 16.7 Å². The number of benzene rings is 1. The number of nitrogens with two attached hydrogens (primary N) is 2. The summed E-state index contributed by atoms with van der Waals surface area (Å²) < 4.78 is 23.4. The molecule has 21 heavy (non-hydrogen) atoms. The summed E-state index contributed by atoms with van der Waals surface area (Å²) in [4.78, 5) is 2.36. The van der Waals surface area contributed by atoms with Gasteiger partial charge in [0.1, 0.15) is 0 Å². The van der Waals surface area contributed by atoms with Crippen molar-refractivity contribution in [1.82, 2.24) is 0 Å². The molecule has 0 unspecified atom stereocenters. The van der Waals surface area contributed by atoms with Crippen molar-refractivity contribution < 1.29 is 8.42 Å². The molecule has 0 radical (unpaired) electrons. The van der Waals surface area contributed by atoms with Crippen LogP contribution in [-0.4, -0.2) is 21.5 Å². The summed E-state index contributed by atoms with van der Waals surface area (Å²) in [6.45, 7) is 8.17. The number of sulfonamides is 1. The van der Waals surface area contributed by atoms with Crippen LogP contribution in [0, 0.1) is 12.3 Å². The Balaban J connectivity index is 2.42. The van der Waals surface area contributed by atoms with Crippen molar-refractivity contribution in [2.45, 2.75) is 44.9 Å². The van der Waals surface area contributed by atoms with Crippen LogP contribution in [0.4, 0.5) is 11.4 Å². The molecule has 1 heterocycles. The number of anilines is 2. The molecule has 4 N–H and O–H groups in total. The van der Waals surface area contributed by atoms with Crippen LogP contribution in [0.1, 0.15) is 38.7 Å². The molecule has 0 bridgehead atoms. The van der Waals surface area contributed by atoms with Crippen molar-refractivity contribution in [3.8, 4) is 0 Å². The molecule has 0 spiro atoms. The summed E-state index contributed by atoms with van der Waals surface area (Å²) in [5, 5.41) is 5.30. The highest BCUT2D eigenvalue weighted by Gasteiger charge is 2.25. The molecule has 1 aliphatic rings. The molecule has 5 nitrogen and oxygen atoms in total. The number of rotatable bonds is 2. The lowest BCUT2D eigenvalue weighted by Gasteiger charge is -2.27. The van der Waals surface area contributed by atoms with Crippen LogP contribution in [-0.2, 0) is 10.0 Å². The molecule has 0 amide bonds. The van der Waals surface area contributed by atoms with Crippen molar-refractivity contribution in [3.05, 3.63) is 17.7 Å². The molecule has 1 aromatic carbocycles. The molecule has 1 aliphatic heterocycles. The Morgan fingerprint density at radius 3 is 2.48 bits per heavy atom. The molecular formula is C15H25N3O2S. The van der Waals surface area contributed by atoms with Gasteiger partial charge in [-0.25, -0.2) is 13.6 Å². The minimum absolute atomic E-state index is 0.126. The van der Waals surface area contributed by atoms with Crippen LogP contribution in [0.5, 0.6) is 0 Å². The first-order valence-electron chi connectivity index (χ1n) is 7.28. The summed E-state index contributed by atoms with van der Waals surface area (Å²) in [5.74, 6) is 0. The number of nitrogen functional groups attached to an aromatic ring is 1. The number of hydrogen-bond donors (Lipinski definition) is 2. The van der Waals surface area contributed by atoms with Crippen LogP contribution >= 0.6 is 0 Å². The Hall–Kier alpha value is -1.27. The van der Waals surface area contributed by atoms with Crippen LogP contribution in [0.3, 0.4) is 0 Å². The molecule has 0 atom stereocenters. The second-order valence-electron chi connectivity index (χ2n) is 6.71. The molecule has 2 rings (SSSR count). The lowest BCUT2D eigenvalue weighted by atomic mass is 9.85. The maximum Gasteiger partial charge on any atom is 0.238 e. The highest BCUT2D eigenvalue weighted by atomic mass is 32.2. The average Bonchev–Trinajstić information content (AvgIpc) is 2.51. The van der Waals surface area contributed by atoms with Crippen molar-refractivity contribution in [3.63, 3.8) is 0 Å². The van der Waals surface area contributed by atoms with Crippen LogP contribution in [0.2, 0.25) is 0 Å². The van der Waals surface area contributed by atoms with E-state index in [1.807, 2.05) is 6.07 Å². The largest absolute Gasteiger partial charge is 0.399 e. The van der Waals surface area contributed by atoms with Gasteiger partial charge in [0.25, 0.3) is 0 Å². The average molecular weight is 311 g/mol. The minimum atomic E-state index is -3.76. The van der Waals surface area contributed by atoms with Gasteiger partial charge in [0, 0.05) is 24.5 Å². The Morgan fingerprint density at radius 2 is 1.86 bits per heavy atom. The molecule has 1 aromatic rings. The SMILES string of the molecule is Cc1c(N2CCCC(C)(C)CC2)cc(N)cc1S(N)(=O)=O. The van der Waals surface area contributed by atoms with Gasteiger partial charge in [0.05, 0.1) is 4.90 Å². The smallest absolute Gasteiger partial charge is 0.238 e. The Morgan fingerprint density at radius 1 is 1.19 bits per heavy atom. The van der Waals surface area contributed by atoms with Gasteiger partial charge in [-0.3, -0.25) is 0 Å². The predicted molar refractivity (Wildman–Crippen MR) is 86.8 cm³/mol. The highest BCUT2D eigenvalue weighted by molar-refractivity contribution is 7.89. The highest BCUT2D eigenvalue weighted by Crippen LogP contribution is 2.35. The maximum absolute atomic E-state index is 11.7. The fourth-order valence-corrected chi connectivity index (χ4v) is 3.81. The summed E-state index contributed by atoms with van der Waals surface area (Å²) in [6, 6.07) is 3.29. The van der Waals surface area contributed by atoms with E-state index in [9.17, 15) is 8.42 Å². The molecule has 1 fully saturated rings. The van der Waals surface area contributed by atoms with Crippen LogP contribution in [0.15, 0.2) is 17.0 Å². The van der Waals surface area contributed by atoms with E-state index in [1.54, 1.807) is 6.92 Å². The van der Waals surface area contributed by atoms with Crippen molar-refractivity contribution >= 4 is 21.4 Å². The van der Waals surface area contributed by atoms with Gasteiger partial charge in [0.2, 0.25) is 10.0 Å². The van der Waals surface area contributed by atoms with Gasteiger partial charge in [0.15, 0.2) is 0 Å². The fourth-order valence-electron chi connectivity index (χ4n) is 2.98. The third kappa shape index (κ3) is 3.68. The maximum atomic E-state index is 11.7. The number of nitrogens with zero attached hydrogens (tertiary/aromatic N) is 1. The number of hydrogen-bond acceptors (Lipinski definition) is 4. The van der Waals surface area contributed by atoms with E-state index in [2.05, 4.69) is 18.7 Å². The van der Waals surface area contributed by atoms with Gasteiger partial charge < -0.3 is 10.6 Å². The summed E-state index contributed by atoms with van der Waals surface area (Å²) in [7, 11) is -3.76. The van der Waals surface area contributed by atoms with Crippen molar-refractivity contribution in [2.75, 3.05) is 23.7 Å². The lowest BCUT2D eigenvalue weighted by Crippen LogP contribution is -2.27. The van der Waals surface area contributed by atoms with E-state index in [1.165, 1.54) is 12.5 Å². The zero-order valence-corrected chi connectivity index (χ0v) is 13.8. The monoisotopic (exact) mass is 311 g/mol. The standard InChI is InChI=1S/C15H25N3O2S/c1-11-13(9-12(16)10-14(11)21(17,19)20)18-7-4-5-15(2,3)6-8-18/h9-10H,4-8,16H2,1-3H3,(H2,17,19,20). The normalized spacial score (nSPS) is 19.3. The fraction of sp³-hybridized carbons (Fsp3) is 0.600. The molecule has 0 aromatic heterocycles. The molecule has 1 saturated heterocycles. The first-order valence-corrected chi connectivity index (χ1v) is 8.83. The molecule has 0 saturated carbocycles. The van der Waals surface area contributed by atoms with Crippen LogP contribution in [0.25, 0.3) is 0 Å². The Bertz CT molecular complexity index is 639. The molecule has 6 heteroatoms. The third-order valence-corrected chi connectivity index (χ3v) is 5.38. The lowest BCUT2D eigenvalue weighted by molar-refractivity contribution is 0.325. The minimum Gasteiger partial charge on any atom is -0.399 e. The van der Waals surface area contributed by atoms with E-state index in [4.69, 9.17) is 10.9 Å². The molecular weight excluding hydrogens is 286 g/mol. The van der Waals surface area contributed by atoms with Gasteiger partial charge in [-0.2, -0.15) is 0 Å². The Kier molecular flexibility index (Phi) is 4.22. The quantitative estimate of drug-likeness (QED) is 0.820. The first-order chi connectivity index (χ1) is 9.60. The topological polar surface area (TPSA) is 89.4 Å². The summed E-state index contributed by atoms with van der Waals surface area (Å²) in [6.07, 6.45) is 3.34. The zero-order valence-electron chi connectivity index (χ0n) is 13.0. The summed E-state index contributed by atoms with van der Waals surface area (Å²) >= 11 is 0. The third-order valence-electron chi connectivity index (χ3n) is 4.34. The first kappa shape index (κ1) is 16.1. The second kappa shape index (κ2) is 5.50. The van der Waals surface area contributed by atoms with Crippen molar-refractivity contribution in [2.24, 2.45) is 10.6 Å². The van der Waals surface area contributed by atoms with E-state index < -0.39 is 10.0 Å². The van der Waals surface area contributed by atoms with Gasteiger partial charge in [-0.1, -0.05) is 13.8 Å². The molecule has 118 valence electrons. The van der Waals surface area contributed by atoms with Gasteiger partial charge in [-0.15, -0.1) is 0 Å². The Labute approximate surface area is 127 Å². The van der Waals surface area contributed by atoms with E-state index in [-0.39, 0.29) is 4.90 Å². The number of primary sulfonamides is 1. The van der Waals surface area contributed by atoms with Crippen LogP contribution < -0.4 is 15.8 Å². The second-order valence-corrected chi connectivity index (χ2v) is 8.24. The van der Waals surface area contributed by atoms with E-state index >= 15 is 0 Å². The van der Waals surface area contributed by atoms with E-state index in [0.717, 1.165) is 31.6 Å². The molecule has 0 aliphatic carbocycles. The van der Waals surface area contributed by atoms with Gasteiger partial charge in [-0.05, 0) is 49.3 Å². The van der Waals surface area contributed by atoms with Gasteiger partial charge >= 0.3 is 0 Å². The van der Waals surface area contributed by atoms with Crippen molar-refractivity contribution in [1.29, 1.82) is 0 Å².